The van der Waals surface area contributed by atoms with Gasteiger partial charge in [-0.25, -0.2) is 0 Å². The van der Waals surface area contributed by atoms with E-state index < -0.39 is 22.4 Å². The third-order valence-corrected chi connectivity index (χ3v) is 6.42. The van der Waals surface area contributed by atoms with Gasteiger partial charge in [-0.1, -0.05) is 79.7 Å². The largest absolute Gasteiger partial charge is 0.384 e. The standard InChI is InChI=1S/C24H40NO5P/c1-2-3-4-5-6-7-8-9-10-11-12-13-14-15-16-17-21(26)24(28)19-18-20(25(29)30)22(31)23(24)27/h9-10,18-19,23,27-28H,2-8,11-17,31H2,1H3. The van der Waals surface area contributed by atoms with Crippen molar-refractivity contribution in [2.75, 3.05) is 0 Å². The molecule has 31 heavy (non-hydrogen) atoms. The summed E-state index contributed by atoms with van der Waals surface area (Å²) in [5.41, 5.74) is -2.40. The maximum atomic E-state index is 12.4. The molecule has 0 saturated carbocycles. The van der Waals surface area contributed by atoms with Gasteiger partial charge in [-0.2, -0.15) is 0 Å². The minimum atomic E-state index is -2.09. The van der Waals surface area contributed by atoms with Crippen LogP contribution in [0.1, 0.15) is 96.8 Å². The minimum absolute atomic E-state index is 0.0760. The monoisotopic (exact) mass is 453 g/mol. The average molecular weight is 454 g/mol. The zero-order valence-electron chi connectivity index (χ0n) is 18.9. The molecule has 0 radical (unpaired) electrons. The van der Waals surface area contributed by atoms with E-state index in [-0.39, 0.29) is 17.4 Å². The van der Waals surface area contributed by atoms with Crippen LogP contribution in [0, 0.1) is 10.1 Å². The molecule has 0 bridgehead atoms. The first-order chi connectivity index (χ1) is 14.8. The van der Waals surface area contributed by atoms with E-state index in [1.807, 2.05) is 0 Å². The second kappa shape index (κ2) is 15.4. The number of hydrogen-bond acceptors (Lipinski definition) is 5. The molecule has 3 unspecified atom stereocenters. The molecule has 0 heterocycles. The Labute approximate surface area is 189 Å². The fourth-order valence-corrected chi connectivity index (χ4v) is 4.19. The fourth-order valence-electron chi connectivity index (χ4n) is 3.74. The number of rotatable bonds is 17. The summed E-state index contributed by atoms with van der Waals surface area (Å²) in [6.45, 7) is 2.24. The predicted octanol–water partition coefficient (Wildman–Crippen LogP) is 5.62. The normalized spacial score (nSPS) is 21.2. The molecule has 0 aromatic carbocycles. The highest BCUT2D eigenvalue weighted by atomic mass is 31.0. The first kappa shape index (κ1) is 27.7. The molecule has 0 amide bonds. The molecule has 3 atom stereocenters. The van der Waals surface area contributed by atoms with E-state index in [4.69, 9.17) is 0 Å². The van der Waals surface area contributed by atoms with Crippen molar-refractivity contribution >= 4 is 15.0 Å². The van der Waals surface area contributed by atoms with Crippen molar-refractivity contribution in [2.45, 2.75) is 109 Å². The quantitative estimate of drug-likeness (QED) is 0.0979. The SMILES string of the molecule is CCCCCCCCC=CCCCCCCCC(=O)C1(O)C=CC([N+](=O)[O-])=C(P)C1O. The summed E-state index contributed by atoms with van der Waals surface area (Å²) in [7, 11) is 2.06. The molecule has 0 aliphatic heterocycles. The first-order valence-electron chi connectivity index (χ1n) is 11.8. The average Bonchev–Trinajstić information content (AvgIpc) is 2.74. The topological polar surface area (TPSA) is 101 Å². The third-order valence-electron chi connectivity index (χ3n) is 5.81. The lowest BCUT2D eigenvalue weighted by Gasteiger charge is -2.31. The van der Waals surface area contributed by atoms with Crippen molar-refractivity contribution in [3.05, 3.63) is 45.4 Å². The Morgan fingerprint density at radius 1 is 1.06 bits per heavy atom. The molecule has 2 N–H and O–H groups in total. The number of Topliss-reactive ketones (excluding diaryl/α,β-unsaturated/α-hetero) is 1. The van der Waals surface area contributed by atoms with Crippen LogP contribution in [0.2, 0.25) is 0 Å². The molecule has 1 aliphatic rings. The van der Waals surface area contributed by atoms with Gasteiger partial charge in [0.1, 0.15) is 6.10 Å². The fraction of sp³-hybridized carbons (Fsp3) is 0.708. The molecule has 0 aromatic heterocycles. The van der Waals surface area contributed by atoms with Gasteiger partial charge in [-0.15, -0.1) is 0 Å². The molecule has 0 saturated heterocycles. The van der Waals surface area contributed by atoms with Crippen molar-refractivity contribution in [3.8, 4) is 0 Å². The number of unbranched alkanes of at least 4 members (excludes halogenated alkanes) is 11. The molecular formula is C24H40NO5P. The summed E-state index contributed by atoms with van der Waals surface area (Å²) in [6, 6.07) is 0. The zero-order chi connectivity index (χ0) is 23.1. The molecule has 0 fully saturated rings. The number of hydrogen-bond donors (Lipinski definition) is 2. The lowest BCUT2D eigenvalue weighted by Crippen LogP contribution is -2.49. The number of nitrogens with zero attached hydrogens (tertiary/aromatic N) is 1. The van der Waals surface area contributed by atoms with E-state index in [9.17, 15) is 25.1 Å². The number of nitro groups is 1. The maximum Gasteiger partial charge on any atom is 0.275 e. The first-order valence-corrected chi connectivity index (χ1v) is 12.3. The van der Waals surface area contributed by atoms with Gasteiger partial charge in [0, 0.05) is 12.5 Å². The second-order valence-electron chi connectivity index (χ2n) is 8.42. The van der Waals surface area contributed by atoms with E-state index in [0.717, 1.165) is 44.3 Å². The number of aliphatic hydroxyl groups excluding tert-OH is 1. The van der Waals surface area contributed by atoms with Gasteiger partial charge in [0.25, 0.3) is 5.70 Å². The van der Waals surface area contributed by atoms with Crippen LogP contribution in [0.5, 0.6) is 0 Å². The number of carbonyl (C=O) groups excluding carboxylic acids is 1. The van der Waals surface area contributed by atoms with Gasteiger partial charge in [0.2, 0.25) is 0 Å². The summed E-state index contributed by atoms with van der Waals surface area (Å²) >= 11 is 0. The molecule has 0 aromatic rings. The lowest BCUT2D eigenvalue weighted by atomic mass is 9.84. The van der Waals surface area contributed by atoms with Gasteiger partial charge in [0.15, 0.2) is 11.4 Å². The van der Waals surface area contributed by atoms with E-state index >= 15 is 0 Å². The van der Waals surface area contributed by atoms with Crippen molar-refractivity contribution in [2.24, 2.45) is 0 Å². The van der Waals surface area contributed by atoms with E-state index in [1.165, 1.54) is 44.9 Å². The van der Waals surface area contributed by atoms with Crippen LogP contribution in [-0.4, -0.2) is 32.6 Å². The maximum absolute atomic E-state index is 12.4. The van der Waals surface area contributed by atoms with Crippen LogP contribution in [-0.2, 0) is 4.79 Å². The Morgan fingerprint density at radius 2 is 1.58 bits per heavy atom. The summed E-state index contributed by atoms with van der Waals surface area (Å²) in [6.07, 6.45) is 20.2. The van der Waals surface area contributed by atoms with Gasteiger partial charge in [-0.05, 0) is 38.2 Å². The molecule has 7 heteroatoms. The van der Waals surface area contributed by atoms with Crippen LogP contribution in [0.4, 0.5) is 0 Å². The highest BCUT2D eigenvalue weighted by Crippen LogP contribution is 2.33. The molecule has 1 aliphatic carbocycles. The lowest BCUT2D eigenvalue weighted by molar-refractivity contribution is -0.420. The predicted molar refractivity (Wildman–Crippen MR) is 128 cm³/mol. The summed E-state index contributed by atoms with van der Waals surface area (Å²) in [5, 5.41) is 31.6. The molecule has 1 rings (SSSR count). The van der Waals surface area contributed by atoms with Crippen LogP contribution >= 0.6 is 9.24 Å². The Balaban J connectivity index is 2.12. The van der Waals surface area contributed by atoms with Crippen molar-refractivity contribution < 1.29 is 19.9 Å². The van der Waals surface area contributed by atoms with Crippen molar-refractivity contribution in [1.82, 2.24) is 0 Å². The third kappa shape index (κ3) is 9.76. The Hall–Kier alpha value is -1.36. The highest BCUT2D eigenvalue weighted by molar-refractivity contribution is 7.22. The minimum Gasteiger partial charge on any atom is -0.384 e. The van der Waals surface area contributed by atoms with E-state index in [1.54, 1.807) is 0 Å². The highest BCUT2D eigenvalue weighted by Gasteiger charge is 2.45. The Morgan fingerprint density at radius 3 is 2.13 bits per heavy atom. The Kier molecular flexibility index (Phi) is 13.8. The number of carbonyl (C=O) groups is 1. The summed E-state index contributed by atoms with van der Waals surface area (Å²) in [5.74, 6) is -0.503. The van der Waals surface area contributed by atoms with Crippen LogP contribution in [0.15, 0.2) is 35.3 Å². The van der Waals surface area contributed by atoms with Gasteiger partial charge in [-0.3, -0.25) is 14.9 Å². The van der Waals surface area contributed by atoms with Gasteiger partial charge < -0.3 is 10.2 Å². The van der Waals surface area contributed by atoms with Crippen molar-refractivity contribution in [1.29, 1.82) is 0 Å². The van der Waals surface area contributed by atoms with E-state index in [0.29, 0.717) is 6.42 Å². The summed E-state index contributed by atoms with van der Waals surface area (Å²) in [4.78, 5) is 22.7. The van der Waals surface area contributed by atoms with Crippen LogP contribution in [0.25, 0.3) is 0 Å². The number of ketones is 1. The zero-order valence-corrected chi connectivity index (χ0v) is 20.1. The number of allylic oxidation sites excluding steroid dienone is 3. The van der Waals surface area contributed by atoms with Crippen LogP contribution < -0.4 is 0 Å². The van der Waals surface area contributed by atoms with Gasteiger partial charge in [0.05, 0.1) is 10.2 Å². The van der Waals surface area contributed by atoms with E-state index in [2.05, 4.69) is 28.3 Å². The van der Waals surface area contributed by atoms with Gasteiger partial charge >= 0.3 is 0 Å². The molecule has 176 valence electrons. The molecule has 0 spiro atoms. The number of aliphatic hydroxyl groups is 2. The Bertz CT molecular complexity index is 658. The van der Waals surface area contributed by atoms with Crippen LogP contribution in [0.3, 0.4) is 0 Å². The van der Waals surface area contributed by atoms with Crippen molar-refractivity contribution in [3.63, 3.8) is 0 Å². The smallest absolute Gasteiger partial charge is 0.275 e. The molecule has 6 nitrogen and oxygen atoms in total. The second-order valence-corrected chi connectivity index (χ2v) is 9.04. The molecular weight excluding hydrogens is 413 g/mol. The summed E-state index contributed by atoms with van der Waals surface area (Å²) < 4.78 is 0.